The van der Waals surface area contributed by atoms with Crippen LogP contribution in [0.5, 0.6) is 0 Å². The summed E-state index contributed by atoms with van der Waals surface area (Å²) in [5.74, 6) is 0. The van der Waals surface area contributed by atoms with Crippen LogP contribution in [-0.4, -0.2) is 34.1 Å². The molecule has 0 atom stereocenters. The summed E-state index contributed by atoms with van der Waals surface area (Å²) in [6, 6.07) is 4.36. The van der Waals surface area contributed by atoms with Crippen molar-refractivity contribution >= 4 is 23.3 Å². The van der Waals surface area contributed by atoms with E-state index in [2.05, 4.69) is 16.9 Å². The molecule has 1 fully saturated rings. The maximum absolute atomic E-state index is 12.7. The number of halogens is 3. The Morgan fingerprint density at radius 2 is 2.10 bits per heavy atom. The molecule has 21 heavy (non-hydrogen) atoms. The van der Waals surface area contributed by atoms with Crippen molar-refractivity contribution < 1.29 is 13.2 Å². The number of imidazole rings is 1. The maximum Gasteiger partial charge on any atom is 0.416 e. The maximum atomic E-state index is 12.7. The van der Waals surface area contributed by atoms with Gasteiger partial charge in [-0.15, -0.1) is 0 Å². The number of nitrogens with zero attached hydrogens (tertiary/aromatic N) is 2. The van der Waals surface area contributed by atoms with E-state index in [0.29, 0.717) is 22.9 Å². The molecule has 1 heterocycles. The van der Waals surface area contributed by atoms with Crippen LogP contribution in [0, 0.1) is 4.77 Å². The lowest BCUT2D eigenvalue weighted by molar-refractivity contribution is -0.137. The summed E-state index contributed by atoms with van der Waals surface area (Å²) in [4.78, 5) is 5.14. The number of aromatic amines is 1. The monoisotopic (exact) mass is 315 g/mol. The van der Waals surface area contributed by atoms with Crippen LogP contribution in [0.25, 0.3) is 11.0 Å². The Bertz CT molecular complexity index is 712. The summed E-state index contributed by atoms with van der Waals surface area (Å²) in [5, 5.41) is 0. The second-order valence-electron chi connectivity index (χ2n) is 5.52. The molecule has 0 saturated heterocycles. The highest BCUT2D eigenvalue weighted by molar-refractivity contribution is 7.71. The van der Waals surface area contributed by atoms with Crippen molar-refractivity contribution in [3.05, 3.63) is 28.5 Å². The fourth-order valence-corrected chi connectivity index (χ4v) is 2.82. The van der Waals surface area contributed by atoms with Crippen LogP contribution in [0.15, 0.2) is 18.2 Å². The number of benzene rings is 1. The summed E-state index contributed by atoms with van der Waals surface area (Å²) in [5.41, 5.74) is 0.495. The van der Waals surface area contributed by atoms with Crippen LogP contribution in [0.3, 0.4) is 0 Å². The lowest BCUT2D eigenvalue weighted by Crippen LogP contribution is -2.25. The van der Waals surface area contributed by atoms with Crippen molar-refractivity contribution in [1.29, 1.82) is 0 Å². The van der Waals surface area contributed by atoms with Gasteiger partial charge in [0, 0.05) is 19.1 Å². The number of aromatic nitrogens is 2. The van der Waals surface area contributed by atoms with Crippen LogP contribution in [0.1, 0.15) is 18.4 Å². The first-order chi connectivity index (χ1) is 9.86. The third-order valence-corrected chi connectivity index (χ3v) is 4.27. The molecule has 114 valence electrons. The second kappa shape index (κ2) is 5.14. The van der Waals surface area contributed by atoms with Crippen LogP contribution in [-0.2, 0) is 12.7 Å². The molecule has 1 aliphatic rings. The summed E-state index contributed by atoms with van der Waals surface area (Å²) in [7, 11) is 2.07. The molecule has 7 heteroatoms. The van der Waals surface area contributed by atoms with Crippen LogP contribution in [0.4, 0.5) is 13.2 Å². The molecule has 1 aliphatic carbocycles. The molecule has 1 aromatic carbocycles. The number of hydrogen-bond acceptors (Lipinski definition) is 2. The van der Waals surface area contributed by atoms with Crippen molar-refractivity contribution in [3.8, 4) is 0 Å². The molecule has 0 bridgehead atoms. The van der Waals surface area contributed by atoms with E-state index in [4.69, 9.17) is 12.2 Å². The van der Waals surface area contributed by atoms with Gasteiger partial charge in [-0.05, 0) is 50.3 Å². The van der Waals surface area contributed by atoms with Gasteiger partial charge in [0.25, 0.3) is 0 Å². The SMILES string of the molecule is CN(CCn1c(=S)[nH]c2cc(C(F)(F)F)ccc21)C1CC1. The van der Waals surface area contributed by atoms with Gasteiger partial charge in [-0.25, -0.2) is 0 Å². The van der Waals surface area contributed by atoms with E-state index in [-0.39, 0.29) is 0 Å². The number of H-pyrrole nitrogens is 1. The Hall–Kier alpha value is -1.34. The Morgan fingerprint density at radius 3 is 2.71 bits per heavy atom. The molecule has 1 aromatic heterocycles. The van der Waals surface area contributed by atoms with Crippen molar-refractivity contribution in [2.24, 2.45) is 0 Å². The predicted molar refractivity (Wildman–Crippen MR) is 77.8 cm³/mol. The minimum Gasteiger partial charge on any atom is -0.331 e. The molecule has 0 aliphatic heterocycles. The molecule has 0 unspecified atom stereocenters. The minimum absolute atomic E-state index is 0.434. The van der Waals surface area contributed by atoms with Gasteiger partial charge in [-0.2, -0.15) is 13.2 Å². The molecular weight excluding hydrogens is 299 g/mol. The van der Waals surface area contributed by atoms with Gasteiger partial charge < -0.3 is 14.5 Å². The zero-order chi connectivity index (χ0) is 15.2. The molecule has 2 aromatic rings. The van der Waals surface area contributed by atoms with Gasteiger partial charge in [-0.1, -0.05) is 0 Å². The van der Waals surface area contributed by atoms with Gasteiger partial charge in [-0.3, -0.25) is 0 Å². The lowest BCUT2D eigenvalue weighted by Gasteiger charge is -2.16. The molecule has 0 spiro atoms. The molecule has 0 amide bonds. The fourth-order valence-electron chi connectivity index (χ4n) is 2.52. The zero-order valence-corrected chi connectivity index (χ0v) is 12.4. The quantitative estimate of drug-likeness (QED) is 0.868. The van der Waals surface area contributed by atoms with E-state index in [1.807, 2.05) is 4.57 Å². The van der Waals surface area contributed by atoms with E-state index >= 15 is 0 Å². The number of nitrogens with one attached hydrogen (secondary N) is 1. The molecular formula is C14H16F3N3S. The summed E-state index contributed by atoms with van der Waals surface area (Å²) in [6.07, 6.45) is -1.88. The standard InChI is InChI=1S/C14H16F3N3S/c1-19(10-3-4-10)6-7-20-12-5-2-9(14(15,16)17)8-11(12)18-13(20)21/h2,5,8,10H,3-4,6-7H2,1H3,(H,18,21). The van der Waals surface area contributed by atoms with Crippen molar-refractivity contribution in [2.75, 3.05) is 13.6 Å². The molecule has 3 rings (SSSR count). The average Bonchev–Trinajstić information content (AvgIpc) is 3.19. The highest BCUT2D eigenvalue weighted by Gasteiger charge is 2.31. The number of fused-ring (bicyclic) bond motifs is 1. The summed E-state index contributed by atoms with van der Waals surface area (Å²) >= 11 is 5.23. The fraction of sp³-hybridized carbons (Fsp3) is 0.500. The van der Waals surface area contributed by atoms with Crippen LogP contribution < -0.4 is 0 Å². The molecule has 1 saturated carbocycles. The van der Waals surface area contributed by atoms with Crippen molar-refractivity contribution in [1.82, 2.24) is 14.5 Å². The Morgan fingerprint density at radius 1 is 1.38 bits per heavy atom. The Balaban J connectivity index is 1.88. The van der Waals surface area contributed by atoms with Gasteiger partial charge in [0.1, 0.15) is 0 Å². The number of alkyl halides is 3. The van der Waals surface area contributed by atoms with Gasteiger partial charge in [0.15, 0.2) is 4.77 Å². The first-order valence-corrected chi connectivity index (χ1v) is 7.27. The van der Waals surface area contributed by atoms with Crippen LogP contribution in [0.2, 0.25) is 0 Å². The van der Waals surface area contributed by atoms with E-state index in [1.54, 1.807) is 0 Å². The Kier molecular flexibility index (Phi) is 3.57. The first-order valence-electron chi connectivity index (χ1n) is 6.86. The highest BCUT2D eigenvalue weighted by Crippen LogP contribution is 2.31. The lowest BCUT2D eigenvalue weighted by atomic mass is 10.2. The highest BCUT2D eigenvalue weighted by atomic mass is 32.1. The zero-order valence-electron chi connectivity index (χ0n) is 11.6. The van der Waals surface area contributed by atoms with E-state index in [9.17, 15) is 13.2 Å². The normalized spacial score (nSPS) is 16.0. The van der Waals surface area contributed by atoms with E-state index < -0.39 is 11.7 Å². The third kappa shape index (κ3) is 2.98. The van der Waals surface area contributed by atoms with E-state index in [0.717, 1.165) is 24.2 Å². The average molecular weight is 315 g/mol. The molecule has 3 nitrogen and oxygen atoms in total. The van der Waals surface area contributed by atoms with Gasteiger partial charge in [0.05, 0.1) is 16.6 Å². The summed E-state index contributed by atoms with van der Waals surface area (Å²) < 4.78 is 40.5. The smallest absolute Gasteiger partial charge is 0.331 e. The van der Waals surface area contributed by atoms with Crippen LogP contribution >= 0.6 is 12.2 Å². The number of likely N-dealkylation sites (N-methyl/N-ethyl adjacent to an activating group) is 1. The molecule has 1 N–H and O–H groups in total. The second-order valence-corrected chi connectivity index (χ2v) is 5.91. The number of hydrogen-bond donors (Lipinski definition) is 1. The van der Waals surface area contributed by atoms with Gasteiger partial charge in [0.2, 0.25) is 0 Å². The minimum atomic E-state index is -4.34. The molecule has 0 radical (unpaired) electrons. The third-order valence-electron chi connectivity index (χ3n) is 3.95. The first kappa shape index (κ1) is 14.6. The predicted octanol–water partition coefficient (Wildman–Crippen LogP) is 3.81. The van der Waals surface area contributed by atoms with Gasteiger partial charge >= 0.3 is 6.18 Å². The topological polar surface area (TPSA) is 24.0 Å². The van der Waals surface area contributed by atoms with Crippen molar-refractivity contribution in [2.45, 2.75) is 31.6 Å². The Labute approximate surface area is 125 Å². The van der Waals surface area contributed by atoms with E-state index in [1.165, 1.54) is 18.9 Å². The summed E-state index contributed by atoms with van der Waals surface area (Å²) in [6.45, 7) is 1.52. The number of rotatable bonds is 4. The van der Waals surface area contributed by atoms with Crippen molar-refractivity contribution in [3.63, 3.8) is 0 Å². The largest absolute Gasteiger partial charge is 0.416 e.